The fourth-order valence-corrected chi connectivity index (χ4v) is 3.90. The molecule has 29 heavy (non-hydrogen) atoms. The number of carbonyl (C=O) groups excluding carboxylic acids is 1. The Morgan fingerprint density at radius 1 is 1.28 bits per heavy atom. The van der Waals surface area contributed by atoms with Crippen LogP contribution in [0.2, 0.25) is 0 Å². The number of hydrogen-bond donors (Lipinski definition) is 1. The van der Waals surface area contributed by atoms with Crippen LogP contribution in [0.5, 0.6) is 0 Å². The minimum Gasteiger partial charge on any atom is -0.341 e. The van der Waals surface area contributed by atoms with E-state index in [0.29, 0.717) is 5.16 Å². The second kappa shape index (κ2) is 8.87. The third-order valence-electron chi connectivity index (χ3n) is 5.42. The van der Waals surface area contributed by atoms with Crippen molar-refractivity contribution in [1.82, 2.24) is 20.1 Å². The van der Waals surface area contributed by atoms with Gasteiger partial charge in [0.05, 0.1) is 17.5 Å². The molecule has 1 aromatic carbocycles. The SMILES string of the molecule is Cc1ccc(-n2c(SCC(=O)NC(C)(C#N)C(C)C)nnc2N2CCCC2)cc1. The monoisotopic (exact) mass is 412 g/mol. The number of rotatable bonds is 7. The first-order chi connectivity index (χ1) is 13.8. The average molecular weight is 413 g/mol. The highest BCUT2D eigenvalue weighted by Crippen LogP contribution is 2.29. The van der Waals surface area contributed by atoms with Gasteiger partial charge in [-0.1, -0.05) is 43.3 Å². The number of aromatic nitrogens is 3. The number of thioether (sulfide) groups is 1. The van der Waals surface area contributed by atoms with Crippen LogP contribution >= 0.6 is 11.8 Å². The number of anilines is 1. The number of nitrogens with zero attached hydrogens (tertiary/aromatic N) is 5. The highest BCUT2D eigenvalue weighted by atomic mass is 32.2. The molecule has 0 spiro atoms. The Kier molecular flexibility index (Phi) is 6.48. The minimum atomic E-state index is -0.886. The van der Waals surface area contributed by atoms with Crippen LogP contribution < -0.4 is 10.2 Å². The van der Waals surface area contributed by atoms with Crippen LogP contribution in [0.1, 0.15) is 39.2 Å². The molecular formula is C21H28N6OS. The summed E-state index contributed by atoms with van der Waals surface area (Å²) in [5.41, 5.74) is 1.28. The van der Waals surface area contributed by atoms with Gasteiger partial charge < -0.3 is 10.2 Å². The lowest BCUT2D eigenvalue weighted by molar-refractivity contribution is -0.120. The molecule has 1 aliphatic heterocycles. The number of nitriles is 1. The molecular weight excluding hydrogens is 384 g/mol. The normalized spacial score (nSPS) is 15.9. The van der Waals surface area contributed by atoms with Gasteiger partial charge in [-0.15, -0.1) is 10.2 Å². The van der Waals surface area contributed by atoms with E-state index in [-0.39, 0.29) is 17.6 Å². The van der Waals surface area contributed by atoms with Crippen LogP contribution in [0.15, 0.2) is 29.4 Å². The summed E-state index contributed by atoms with van der Waals surface area (Å²) >= 11 is 1.34. The molecule has 1 aromatic heterocycles. The Hall–Kier alpha value is -2.53. The van der Waals surface area contributed by atoms with Crippen molar-refractivity contribution in [1.29, 1.82) is 5.26 Å². The van der Waals surface area contributed by atoms with Crippen LogP contribution in [-0.2, 0) is 4.79 Å². The number of benzene rings is 1. The van der Waals surface area contributed by atoms with Gasteiger partial charge in [0, 0.05) is 13.1 Å². The van der Waals surface area contributed by atoms with Crippen molar-refractivity contribution in [3.05, 3.63) is 29.8 Å². The van der Waals surface area contributed by atoms with Crippen molar-refractivity contribution >= 4 is 23.6 Å². The summed E-state index contributed by atoms with van der Waals surface area (Å²) in [5, 5.41) is 21.8. The molecule has 1 aliphatic rings. The summed E-state index contributed by atoms with van der Waals surface area (Å²) < 4.78 is 2.02. The maximum absolute atomic E-state index is 12.5. The number of nitrogens with one attached hydrogen (secondary N) is 1. The quantitative estimate of drug-likeness (QED) is 0.702. The minimum absolute atomic E-state index is 0.0134. The Morgan fingerprint density at radius 3 is 2.52 bits per heavy atom. The van der Waals surface area contributed by atoms with Crippen molar-refractivity contribution in [2.45, 2.75) is 51.2 Å². The number of aryl methyl sites for hydroxylation is 1. The largest absolute Gasteiger partial charge is 0.341 e. The number of hydrogen-bond acceptors (Lipinski definition) is 6. The van der Waals surface area contributed by atoms with Gasteiger partial charge in [0.25, 0.3) is 0 Å². The molecule has 1 fully saturated rings. The van der Waals surface area contributed by atoms with E-state index in [1.54, 1.807) is 6.92 Å². The van der Waals surface area contributed by atoms with Gasteiger partial charge in [-0.3, -0.25) is 9.36 Å². The molecule has 1 amide bonds. The van der Waals surface area contributed by atoms with Crippen molar-refractivity contribution < 1.29 is 4.79 Å². The highest BCUT2D eigenvalue weighted by molar-refractivity contribution is 7.99. The van der Waals surface area contributed by atoms with Gasteiger partial charge in [-0.2, -0.15) is 5.26 Å². The summed E-state index contributed by atoms with van der Waals surface area (Å²) in [6.45, 7) is 9.58. The summed E-state index contributed by atoms with van der Waals surface area (Å²) in [7, 11) is 0. The second-order valence-electron chi connectivity index (χ2n) is 7.95. The van der Waals surface area contributed by atoms with Gasteiger partial charge in [0.15, 0.2) is 5.16 Å². The molecule has 1 atom stereocenters. The molecule has 0 bridgehead atoms. The summed E-state index contributed by atoms with van der Waals surface area (Å²) in [5.74, 6) is 0.820. The Morgan fingerprint density at radius 2 is 1.93 bits per heavy atom. The van der Waals surface area contributed by atoms with E-state index in [9.17, 15) is 10.1 Å². The maximum Gasteiger partial charge on any atom is 0.232 e. The predicted octanol–water partition coefficient (Wildman–Crippen LogP) is 3.32. The first kappa shape index (κ1) is 21.2. The molecule has 1 saturated heterocycles. The van der Waals surface area contributed by atoms with Crippen molar-refractivity contribution in [3.63, 3.8) is 0 Å². The zero-order valence-electron chi connectivity index (χ0n) is 17.5. The Labute approximate surface area is 176 Å². The fraction of sp³-hybridized carbons (Fsp3) is 0.524. The number of amides is 1. The van der Waals surface area contributed by atoms with Crippen molar-refractivity contribution in [3.8, 4) is 11.8 Å². The van der Waals surface area contributed by atoms with Crippen LogP contribution in [0.3, 0.4) is 0 Å². The topological polar surface area (TPSA) is 86.8 Å². The molecule has 154 valence electrons. The maximum atomic E-state index is 12.5. The molecule has 1 unspecified atom stereocenters. The summed E-state index contributed by atoms with van der Waals surface area (Å²) in [4.78, 5) is 14.7. The molecule has 3 rings (SSSR count). The van der Waals surface area contributed by atoms with E-state index >= 15 is 0 Å². The third-order valence-corrected chi connectivity index (χ3v) is 6.34. The Bertz CT molecular complexity index is 895. The van der Waals surface area contributed by atoms with E-state index < -0.39 is 5.54 Å². The lowest BCUT2D eigenvalue weighted by Crippen LogP contribution is -2.49. The van der Waals surface area contributed by atoms with E-state index in [1.165, 1.54) is 17.3 Å². The smallest absolute Gasteiger partial charge is 0.232 e. The molecule has 8 heteroatoms. The van der Waals surface area contributed by atoms with Gasteiger partial charge in [-0.05, 0) is 44.7 Å². The Balaban J connectivity index is 1.81. The van der Waals surface area contributed by atoms with Crippen molar-refractivity contribution in [2.24, 2.45) is 5.92 Å². The molecule has 2 heterocycles. The summed E-state index contributed by atoms with van der Waals surface area (Å²) in [6.07, 6.45) is 2.29. The average Bonchev–Trinajstić information content (AvgIpc) is 3.36. The molecule has 1 N–H and O–H groups in total. The van der Waals surface area contributed by atoms with Gasteiger partial charge in [0.2, 0.25) is 11.9 Å². The molecule has 0 aliphatic carbocycles. The van der Waals surface area contributed by atoms with E-state index in [2.05, 4.69) is 45.5 Å². The van der Waals surface area contributed by atoms with Crippen LogP contribution in [0, 0.1) is 24.2 Å². The standard InChI is InChI=1S/C21H28N6OS/c1-15(2)21(4,14-22)23-18(28)13-29-20-25-24-19(26-11-5-6-12-26)27(20)17-9-7-16(3)8-10-17/h7-10,15H,5-6,11-13H2,1-4H3,(H,23,28). The van der Waals surface area contributed by atoms with Crippen molar-refractivity contribution in [2.75, 3.05) is 23.7 Å². The zero-order valence-corrected chi connectivity index (χ0v) is 18.3. The van der Waals surface area contributed by atoms with E-state index in [1.807, 2.05) is 30.5 Å². The predicted molar refractivity (Wildman–Crippen MR) is 115 cm³/mol. The van der Waals surface area contributed by atoms with Gasteiger partial charge in [0.1, 0.15) is 5.54 Å². The fourth-order valence-electron chi connectivity index (χ4n) is 3.15. The van der Waals surface area contributed by atoms with Crippen LogP contribution in [-0.4, -0.2) is 45.1 Å². The van der Waals surface area contributed by atoms with Crippen LogP contribution in [0.25, 0.3) is 5.69 Å². The molecule has 0 saturated carbocycles. The van der Waals surface area contributed by atoms with E-state index in [0.717, 1.165) is 37.6 Å². The van der Waals surface area contributed by atoms with E-state index in [4.69, 9.17) is 0 Å². The highest BCUT2D eigenvalue weighted by Gasteiger charge is 2.30. The summed E-state index contributed by atoms with van der Waals surface area (Å²) in [6, 6.07) is 10.4. The van der Waals surface area contributed by atoms with Gasteiger partial charge in [-0.25, -0.2) is 0 Å². The number of carbonyl (C=O) groups is 1. The third kappa shape index (κ3) is 4.73. The lowest BCUT2D eigenvalue weighted by atomic mass is 9.90. The first-order valence-corrected chi connectivity index (χ1v) is 10.9. The molecule has 0 radical (unpaired) electrons. The van der Waals surface area contributed by atoms with Gasteiger partial charge >= 0.3 is 0 Å². The zero-order chi connectivity index (χ0) is 21.0. The van der Waals surface area contributed by atoms with Crippen LogP contribution in [0.4, 0.5) is 5.95 Å². The molecule has 7 nitrogen and oxygen atoms in total. The molecule has 2 aromatic rings. The second-order valence-corrected chi connectivity index (χ2v) is 8.90. The first-order valence-electron chi connectivity index (χ1n) is 9.96. The lowest BCUT2D eigenvalue weighted by Gasteiger charge is -2.27.